The molecule has 1 N–H and O–H groups in total. The maximum atomic E-state index is 11.3. The molecule has 18 heavy (non-hydrogen) atoms. The molecule has 2 amide bonds. The van der Waals surface area contributed by atoms with Crippen LogP contribution < -0.4 is 5.32 Å². The lowest BCUT2D eigenvalue weighted by atomic mass is 10.0. The Kier molecular flexibility index (Phi) is 3.97. The maximum Gasteiger partial charge on any atom is 0.414 e. The van der Waals surface area contributed by atoms with Gasteiger partial charge in [0.1, 0.15) is 0 Å². The summed E-state index contributed by atoms with van der Waals surface area (Å²) in [6.07, 6.45) is 2.55. The van der Waals surface area contributed by atoms with Gasteiger partial charge in [-0.05, 0) is 24.0 Å². The largest absolute Gasteiger partial charge is 0.435 e. The molecule has 1 heterocycles. The van der Waals surface area contributed by atoms with Crippen LogP contribution in [0.5, 0.6) is 0 Å². The van der Waals surface area contributed by atoms with Gasteiger partial charge in [0.05, 0.1) is 0 Å². The smallest absolute Gasteiger partial charge is 0.414 e. The summed E-state index contributed by atoms with van der Waals surface area (Å²) in [6, 6.07) is 8.12. The van der Waals surface area contributed by atoms with Crippen molar-refractivity contribution in [3.8, 4) is 0 Å². The molecule has 0 aromatic heterocycles. The number of hydrogen-bond donors (Lipinski definition) is 1. The van der Waals surface area contributed by atoms with Crippen molar-refractivity contribution in [2.24, 2.45) is 0 Å². The topological polar surface area (TPSA) is 55.4 Å². The number of ether oxygens (including phenoxy) is 1. The second-order valence-electron chi connectivity index (χ2n) is 4.51. The zero-order valence-corrected chi connectivity index (χ0v) is 10.4. The Morgan fingerprint density at radius 1 is 1.17 bits per heavy atom. The van der Waals surface area contributed by atoms with Crippen LogP contribution in [0.25, 0.3) is 0 Å². The highest BCUT2D eigenvalue weighted by Gasteiger charge is 2.31. The second kappa shape index (κ2) is 5.67. The summed E-state index contributed by atoms with van der Waals surface area (Å²) in [5, 5.41) is 2.13. The highest BCUT2D eigenvalue weighted by Crippen LogP contribution is 2.13. The number of rotatable bonds is 5. The maximum absolute atomic E-state index is 11.3. The van der Waals surface area contributed by atoms with E-state index in [2.05, 4.69) is 24.4 Å². The van der Waals surface area contributed by atoms with Crippen molar-refractivity contribution in [3.05, 3.63) is 35.4 Å². The number of aryl methyl sites for hydroxylation is 1. The van der Waals surface area contributed by atoms with Crippen molar-refractivity contribution < 1.29 is 14.3 Å². The van der Waals surface area contributed by atoms with Crippen molar-refractivity contribution in [1.82, 2.24) is 5.32 Å². The van der Waals surface area contributed by atoms with E-state index in [9.17, 15) is 9.59 Å². The fourth-order valence-electron chi connectivity index (χ4n) is 1.96. The Balaban J connectivity index is 1.94. The summed E-state index contributed by atoms with van der Waals surface area (Å²) in [7, 11) is 0. The highest BCUT2D eigenvalue weighted by molar-refractivity contribution is 6.00. The van der Waals surface area contributed by atoms with Gasteiger partial charge >= 0.3 is 6.09 Å². The molecule has 1 aliphatic rings. The summed E-state index contributed by atoms with van der Waals surface area (Å²) < 4.78 is 4.87. The first-order valence-corrected chi connectivity index (χ1v) is 6.28. The number of cyclic esters (lactones) is 1. The molecule has 0 aliphatic carbocycles. The van der Waals surface area contributed by atoms with Gasteiger partial charge in [-0.15, -0.1) is 0 Å². The third-order valence-corrected chi connectivity index (χ3v) is 3.03. The van der Waals surface area contributed by atoms with Gasteiger partial charge in [-0.2, -0.15) is 0 Å². The summed E-state index contributed by atoms with van der Waals surface area (Å²) in [5.74, 6) is -0.352. The number of benzene rings is 1. The average molecular weight is 247 g/mol. The monoisotopic (exact) mass is 247 g/mol. The normalized spacial score (nSPS) is 18.6. The zero-order valence-electron chi connectivity index (χ0n) is 10.4. The van der Waals surface area contributed by atoms with Crippen LogP contribution in [0.2, 0.25) is 0 Å². The standard InChI is InChI=1S/C14H17NO3/c1-2-3-4-10-5-7-11(8-6-10)9-12-13(16)15-14(17)18-12/h5-8,12H,2-4,9H2,1H3,(H,15,16,17). The molecule has 2 rings (SSSR count). The average Bonchev–Trinajstić information content (AvgIpc) is 2.67. The van der Waals surface area contributed by atoms with E-state index in [1.165, 1.54) is 18.4 Å². The van der Waals surface area contributed by atoms with E-state index in [1.54, 1.807) is 0 Å². The molecule has 0 spiro atoms. The van der Waals surface area contributed by atoms with E-state index >= 15 is 0 Å². The van der Waals surface area contributed by atoms with Crippen LogP contribution in [0.3, 0.4) is 0 Å². The van der Waals surface area contributed by atoms with Crippen molar-refractivity contribution in [1.29, 1.82) is 0 Å². The van der Waals surface area contributed by atoms with Gasteiger partial charge in [-0.3, -0.25) is 10.1 Å². The minimum Gasteiger partial charge on any atom is -0.435 e. The minimum absolute atomic E-state index is 0.352. The molecule has 0 radical (unpaired) electrons. The van der Waals surface area contributed by atoms with Crippen LogP contribution in [0.4, 0.5) is 4.79 Å². The predicted octanol–water partition coefficient (Wildman–Crippen LogP) is 2.21. The minimum atomic E-state index is -0.681. The zero-order chi connectivity index (χ0) is 13.0. The number of carbonyl (C=O) groups is 2. The van der Waals surface area contributed by atoms with Crippen molar-refractivity contribution >= 4 is 12.0 Å². The fourth-order valence-corrected chi connectivity index (χ4v) is 1.96. The highest BCUT2D eigenvalue weighted by atomic mass is 16.6. The lowest BCUT2D eigenvalue weighted by Crippen LogP contribution is -2.25. The van der Waals surface area contributed by atoms with Gasteiger partial charge in [-0.1, -0.05) is 37.6 Å². The van der Waals surface area contributed by atoms with E-state index < -0.39 is 12.2 Å². The molecule has 1 atom stereocenters. The third kappa shape index (κ3) is 3.09. The van der Waals surface area contributed by atoms with Gasteiger partial charge in [0.25, 0.3) is 5.91 Å². The second-order valence-corrected chi connectivity index (χ2v) is 4.51. The van der Waals surface area contributed by atoms with Crippen LogP contribution in [-0.4, -0.2) is 18.1 Å². The summed E-state index contributed by atoms with van der Waals surface area (Å²) in [6.45, 7) is 2.17. The molecular weight excluding hydrogens is 230 g/mol. The fraction of sp³-hybridized carbons (Fsp3) is 0.429. The van der Waals surface area contributed by atoms with E-state index in [-0.39, 0.29) is 5.91 Å². The Bertz CT molecular complexity index is 439. The van der Waals surface area contributed by atoms with Gasteiger partial charge in [0.15, 0.2) is 6.10 Å². The first-order chi connectivity index (χ1) is 8.69. The number of carbonyl (C=O) groups excluding carboxylic acids is 2. The number of amides is 2. The predicted molar refractivity (Wildman–Crippen MR) is 67.2 cm³/mol. The molecule has 0 bridgehead atoms. The van der Waals surface area contributed by atoms with Crippen LogP contribution in [-0.2, 0) is 22.4 Å². The van der Waals surface area contributed by atoms with E-state index in [0.29, 0.717) is 6.42 Å². The number of nitrogens with one attached hydrogen (secondary N) is 1. The molecule has 1 saturated heterocycles. The molecule has 0 saturated carbocycles. The van der Waals surface area contributed by atoms with Crippen molar-refractivity contribution in [2.75, 3.05) is 0 Å². The van der Waals surface area contributed by atoms with Crippen molar-refractivity contribution in [3.63, 3.8) is 0 Å². The molecule has 1 fully saturated rings. The van der Waals surface area contributed by atoms with Crippen molar-refractivity contribution in [2.45, 2.75) is 38.7 Å². The SMILES string of the molecule is CCCCc1ccc(CC2OC(=O)NC2=O)cc1. The summed E-state index contributed by atoms with van der Waals surface area (Å²) in [4.78, 5) is 22.2. The Morgan fingerprint density at radius 2 is 1.83 bits per heavy atom. The molecule has 1 unspecified atom stereocenters. The van der Waals surface area contributed by atoms with Gasteiger partial charge in [0, 0.05) is 6.42 Å². The van der Waals surface area contributed by atoms with Crippen LogP contribution >= 0.6 is 0 Å². The molecule has 4 heteroatoms. The van der Waals surface area contributed by atoms with Crippen LogP contribution in [0.15, 0.2) is 24.3 Å². The van der Waals surface area contributed by atoms with Crippen LogP contribution in [0.1, 0.15) is 30.9 Å². The van der Waals surface area contributed by atoms with Crippen LogP contribution in [0, 0.1) is 0 Å². The molecule has 1 aromatic carbocycles. The number of imide groups is 1. The summed E-state index contributed by atoms with van der Waals surface area (Å²) in [5.41, 5.74) is 2.30. The van der Waals surface area contributed by atoms with Gasteiger partial charge in [-0.25, -0.2) is 4.79 Å². The number of alkyl carbamates (subject to hydrolysis) is 1. The number of hydrogen-bond acceptors (Lipinski definition) is 3. The quantitative estimate of drug-likeness (QED) is 0.867. The number of unbranched alkanes of at least 4 members (excludes halogenated alkanes) is 1. The van der Waals surface area contributed by atoms with Gasteiger partial charge in [0.2, 0.25) is 0 Å². The Morgan fingerprint density at radius 3 is 2.39 bits per heavy atom. The molecular formula is C14H17NO3. The Hall–Kier alpha value is -1.84. The van der Waals surface area contributed by atoms with Gasteiger partial charge < -0.3 is 4.74 Å². The molecule has 96 valence electrons. The molecule has 1 aliphatic heterocycles. The van der Waals surface area contributed by atoms with E-state index in [4.69, 9.17) is 4.74 Å². The Labute approximate surface area is 106 Å². The lowest BCUT2D eigenvalue weighted by molar-refractivity contribution is -0.123. The van der Waals surface area contributed by atoms with E-state index in [1.807, 2.05) is 12.1 Å². The summed E-state index contributed by atoms with van der Waals surface area (Å²) >= 11 is 0. The first kappa shape index (κ1) is 12.6. The molecule has 4 nitrogen and oxygen atoms in total. The third-order valence-electron chi connectivity index (χ3n) is 3.03. The van der Waals surface area contributed by atoms with E-state index in [0.717, 1.165) is 12.0 Å². The molecule has 1 aromatic rings. The first-order valence-electron chi connectivity index (χ1n) is 6.28. The lowest BCUT2D eigenvalue weighted by Gasteiger charge is -2.07.